The summed E-state index contributed by atoms with van der Waals surface area (Å²) in [4.78, 5) is 0. The van der Waals surface area contributed by atoms with E-state index in [2.05, 4.69) is 0 Å². The SMILES string of the molecule is CC(C)(C)Oc1ccc(O)c(Cl)c1. The lowest BCUT2D eigenvalue weighted by molar-refractivity contribution is 0.131. The Labute approximate surface area is 83.1 Å². The second-order valence-electron chi connectivity index (χ2n) is 3.83. The van der Waals surface area contributed by atoms with Crippen LogP contribution >= 0.6 is 11.6 Å². The van der Waals surface area contributed by atoms with Crippen LogP contribution in [0.25, 0.3) is 0 Å². The Morgan fingerprint density at radius 1 is 1.31 bits per heavy atom. The van der Waals surface area contributed by atoms with E-state index in [0.717, 1.165) is 0 Å². The van der Waals surface area contributed by atoms with Crippen molar-refractivity contribution in [3.63, 3.8) is 0 Å². The molecule has 0 aliphatic carbocycles. The molecule has 72 valence electrons. The molecular formula is C10H13ClO2. The average molecular weight is 201 g/mol. The number of hydrogen-bond acceptors (Lipinski definition) is 2. The zero-order chi connectivity index (χ0) is 10.1. The third-order valence-electron chi connectivity index (χ3n) is 1.34. The van der Waals surface area contributed by atoms with E-state index in [1.807, 2.05) is 20.8 Å². The van der Waals surface area contributed by atoms with Crippen LogP contribution in [0.3, 0.4) is 0 Å². The van der Waals surface area contributed by atoms with E-state index in [1.165, 1.54) is 6.07 Å². The summed E-state index contributed by atoms with van der Waals surface area (Å²) in [5, 5.41) is 9.46. The van der Waals surface area contributed by atoms with Gasteiger partial charge in [-0.15, -0.1) is 0 Å². The van der Waals surface area contributed by atoms with Gasteiger partial charge in [-0.1, -0.05) is 11.6 Å². The van der Waals surface area contributed by atoms with Crippen molar-refractivity contribution in [2.45, 2.75) is 26.4 Å². The summed E-state index contributed by atoms with van der Waals surface area (Å²) in [7, 11) is 0. The number of aromatic hydroxyl groups is 1. The second kappa shape index (κ2) is 3.46. The first kappa shape index (κ1) is 10.2. The zero-order valence-electron chi connectivity index (χ0n) is 7.97. The fourth-order valence-electron chi connectivity index (χ4n) is 0.905. The third-order valence-corrected chi connectivity index (χ3v) is 1.65. The van der Waals surface area contributed by atoms with Gasteiger partial charge in [0.1, 0.15) is 17.1 Å². The number of ether oxygens (including phenoxy) is 1. The molecule has 1 N–H and O–H groups in total. The van der Waals surface area contributed by atoms with E-state index in [1.54, 1.807) is 12.1 Å². The Kier molecular flexibility index (Phi) is 2.71. The molecule has 1 aromatic rings. The first-order chi connectivity index (χ1) is 5.88. The standard InChI is InChI=1S/C10H13ClO2/c1-10(2,3)13-7-4-5-9(12)8(11)6-7/h4-6,12H,1-3H3. The molecular weight excluding hydrogens is 188 g/mol. The van der Waals surface area contributed by atoms with Crippen molar-refractivity contribution < 1.29 is 9.84 Å². The Hall–Kier alpha value is -0.890. The van der Waals surface area contributed by atoms with Crippen molar-refractivity contribution in [2.24, 2.45) is 0 Å². The van der Waals surface area contributed by atoms with Crippen molar-refractivity contribution >= 4 is 11.6 Å². The van der Waals surface area contributed by atoms with Gasteiger partial charge in [0.15, 0.2) is 0 Å². The molecule has 2 nitrogen and oxygen atoms in total. The molecule has 0 fully saturated rings. The highest BCUT2D eigenvalue weighted by molar-refractivity contribution is 6.32. The molecule has 0 heterocycles. The lowest BCUT2D eigenvalue weighted by Gasteiger charge is -2.21. The lowest BCUT2D eigenvalue weighted by Crippen LogP contribution is -2.22. The monoisotopic (exact) mass is 200 g/mol. The van der Waals surface area contributed by atoms with E-state index in [-0.39, 0.29) is 11.4 Å². The predicted molar refractivity (Wildman–Crippen MR) is 53.5 cm³/mol. The van der Waals surface area contributed by atoms with Gasteiger partial charge in [-0.3, -0.25) is 0 Å². The topological polar surface area (TPSA) is 29.5 Å². The summed E-state index contributed by atoms with van der Waals surface area (Å²) in [6.07, 6.45) is 0. The molecule has 0 aromatic heterocycles. The molecule has 3 heteroatoms. The van der Waals surface area contributed by atoms with Crippen LogP contribution in [0.1, 0.15) is 20.8 Å². The summed E-state index contributed by atoms with van der Waals surface area (Å²) in [5.41, 5.74) is -0.250. The van der Waals surface area contributed by atoms with Crippen LogP contribution in [-0.4, -0.2) is 10.7 Å². The van der Waals surface area contributed by atoms with Gasteiger partial charge in [-0.05, 0) is 32.9 Å². The molecule has 0 aliphatic heterocycles. The Morgan fingerprint density at radius 3 is 2.38 bits per heavy atom. The molecule has 0 amide bonds. The smallest absolute Gasteiger partial charge is 0.134 e. The van der Waals surface area contributed by atoms with Crippen LogP contribution in [0.2, 0.25) is 5.02 Å². The van der Waals surface area contributed by atoms with E-state index in [4.69, 9.17) is 21.4 Å². The van der Waals surface area contributed by atoms with Gasteiger partial charge in [-0.2, -0.15) is 0 Å². The molecule has 0 aliphatic rings. The zero-order valence-corrected chi connectivity index (χ0v) is 8.72. The number of hydrogen-bond donors (Lipinski definition) is 1. The summed E-state index contributed by atoms with van der Waals surface area (Å²) < 4.78 is 5.54. The fraction of sp³-hybridized carbons (Fsp3) is 0.400. The molecule has 0 spiro atoms. The lowest BCUT2D eigenvalue weighted by atomic mass is 10.2. The molecule has 0 saturated carbocycles. The van der Waals surface area contributed by atoms with Gasteiger partial charge in [0.25, 0.3) is 0 Å². The van der Waals surface area contributed by atoms with Crippen LogP contribution in [-0.2, 0) is 0 Å². The quantitative estimate of drug-likeness (QED) is 0.754. The van der Waals surface area contributed by atoms with Crippen LogP contribution in [0.4, 0.5) is 0 Å². The van der Waals surface area contributed by atoms with E-state index in [9.17, 15) is 0 Å². The van der Waals surface area contributed by atoms with Crippen LogP contribution in [0, 0.1) is 0 Å². The third kappa shape index (κ3) is 3.15. The van der Waals surface area contributed by atoms with Crippen molar-refractivity contribution in [1.29, 1.82) is 0 Å². The molecule has 0 atom stereocenters. The number of benzene rings is 1. The summed E-state index contributed by atoms with van der Waals surface area (Å²) >= 11 is 5.71. The maximum absolute atomic E-state index is 9.15. The van der Waals surface area contributed by atoms with Gasteiger partial charge >= 0.3 is 0 Å². The maximum atomic E-state index is 9.15. The summed E-state index contributed by atoms with van der Waals surface area (Å²) in [6, 6.07) is 4.80. The minimum absolute atomic E-state index is 0.0722. The molecule has 13 heavy (non-hydrogen) atoms. The predicted octanol–water partition coefficient (Wildman–Crippen LogP) is 3.22. The minimum Gasteiger partial charge on any atom is -0.506 e. The van der Waals surface area contributed by atoms with Gasteiger partial charge < -0.3 is 9.84 Å². The van der Waals surface area contributed by atoms with Crippen molar-refractivity contribution in [3.05, 3.63) is 23.2 Å². The van der Waals surface area contributed by atoms with Gasteiger partial charge in [0.05, 0.1) is 5.02 Å². The molecule has 1 rings (SSSR count). The maximum Gasteiger partial charge on any atom is 0.134 e. The highest BCUT2D eigenvalue weighted by Crippen LogP contribution is 2.29. The van der Waals surface area contributed by atoms with Crippen LogP contribution in [0.5, 0.6) is 11.5 Å². The normalized spacial score (nSPS) is 11.4. The first-order valence-corrected chi connectivity index (χ1v) is 4.44. The van der Waals surface area contributed by atoms with Gasteiger partial charge in [-0.25, -0.2) is 0 Å². The summed E-state index contributed by atoms with van der Waals surface area (Å²) in [5.74, 6) is 0.734. The largest absolute Gasteiger partial charge is 0.506 e. The molecule has 0 bridgehead atoms. The van der Waals surface area contributed by atoms with E-state index < -0.39 is 0 Å². The Morgan fingerprint density at radius 2 is 1.92 bits per heavy atom. The number of halogens is 1. The van der Waals surface area contributed by atoms with E-state index in [0.29, 0.717) is 10.8 Å². The first-order valence-electron chi connectivity index (χ1n) is 4.06. The van der Waals surface area contributed by atoms with Crippen molar-refractivity contribution in [1.82, 2.24) is 0 Å². The van der Waals surface area contributed by atoms with Crippen LogP contribution in [0.15, 0.2) is 18.2 Å². The van der Waals surface area contributed by atoms with E-state index >= 15 is 0 Å². The number of rotatable bonds is 1. The number of phenolic OH excluding ortho intramolecular Hbond substituents is 1. The average Bonchev–Trinajstić information content (AvgIpc) is 1.94. The van der Waals surface area contributed by atoms with Crippen molar-refractivity contribution in [2.75, 3.05) is 0 Å². The van der Waals surface area contributed by atoms with Gasteiger partial charge in [0.2, 0.25) is 0 Å². The molecule has 0 unspecified atom stereocenters. The van der Waals surface area contributed by atoms with Gasteiger partial charge in [0, 0.05) is 6.07 Å². The second-order valence-corrected chi connectivity index (χ2v) is 4.23. The minimum atomic E-state index is -0.250. The number of phenols is 1. The highest BCUT2D eigenvalue weighted by Gasteiger charge is 2.12. The Bertz CT molecular complexity index is 302. The molecule has 0 saturated heterocycles. The summed E-state index contributed by atoms with van der Waals surface area (Å²) in [6.45, 7) is 5.86. The fourth-order valence-corrected chi connectivity index (χ4v) is 1.08. The molecule has 0 radical (unpaired) electrons. The highest BCUT2D eigenvalue weighted by atomic mass is 35.5. The Balaban J connectivity index is 2.86. The van der Waals surface area contributed by atoms with Crippen molar-refractivity contribution in [3.8, 4) is 11.5 Å². The molecule has 1 aromatic carbocycles. The van der Waals surface area contributed by atoms with Crippen LogP contribution < -0.4 is 4.74 Å².